The second-order valence-electron chi connectivity index (χ2n) is 4.40. The molecule has 0 amide bonds. The lowest BCUT2D eigenvalue weighted by Gasteiger charge is -2.07. The van der Waals surface area contributed by atoms with Crippen molar-refractivity contribution in [3.8, 4) is 11.4 Å². The van der Waals surface area contributed by atoms with Crippen molar-refractivity contribution in [2.45, 2.75) is 19.9 Å². The van der Waals surface area contributed by atoms with E-state index < -0.39 is 5.97 Å². The quantitative estimate of drug-likeness (QED) is 0.847. The summed E-state index contributed by atoms with van der Waals surface area (Å²) in [7, 11) is 0. The molecule has 0 spiro atoms. The van der Waals surface area contributed by atoms with Crippen molar-refractivity contribution in [1.29, 1.82) is 0 Å². The van der Waals surface area contributed by atoms with Crippen LogP contribution in [0.15, 0.2) is 41.3 Å². The first-order valence-electron chi connectivity index (χ1n) is 6.56. The summed E-state index contributed by atoms with van der Waals surface area (Å²) in [5.74, 6) is -1.10. The lowest BCUT2D eigenvalue weighted by molar-refractivity contribution is -0.131. The minimum atomic E-state index is -1.10. The molecule has 2 rings (SSSR count). The molecule has 0 saturated heterocycles. The van der Waals surface area contributed by atoms with Crippen molar-refractivity contribution < 1.29 is 9.90 Å². The third kappa shape index (κ3) is 3.62. The number of aliphatic carboxylic acids is 1. The van der Waals surface area contributed by atoms with E-state index in [-0.39, 0.29) is 11.1 Å². The Labute approximate surface area is 121 Å². The van der Waals surface area contributed by atoms with Crippen LogP contribution in [-0.2, 0) is 11.3 Å². The summed E-state index contributed by atoms with van der Waals surface area (Å²) in [5, 5.41) is 13.0. The average molecular weight is 285 g/mol. The number of nitrogens with zero attached hydrogens (tertiary/aromatic N) is 3. The SMILES string of the molecule is CCCn1nc(-c2ccccn2)cc(/C=C/C(=O)O)c1=O. The first-order valence-corrected chi connectivity index (χ1v) is 6.56. The van der Waals surface area contributed by atoms with Gasteiger partial charge in [0.1, 0.15) is 5.69 Å². The Balaban J connectivity index is 2.57. The number of pyridine rings is 1. The lowest BCUT2D eigenvalue weighted by atomic mass is 10.2. The Kier molecular flexibility index (Phi) is 4.61. The summed E-state index contributed by atoms with van der Waals surface area (Å²) in [4.78, 5) is 27.0. The van der Waals surface area contributed by atoms with Gasteiger partial charge in [-0.25, -0.2) is 9.48 Å². The van der Waals surface area contributed by atoms with Gasteiger partial charge in [-0.2, -0.15) is 5.10 Å². The zero-order valence-corrected chi connectivity index (χ0v) is 11.6. The molecule has 0 aromatic carbocycles. The Morgan fingerprint density at radius 2 is 2.19 bits per heavy atom. The van der Waals surface area contributed by atoms with Gasteiger partial charge in [0, 0.05) is 24.4 Å². The second-order valence-corrected chi connectivity index (χ2v) is 4.40. The molecular weight excluding hydrogens is 270 g/mol. The monoisotopic (exact) mass is 285 g/mol. The van der Waals surface area contributed by atoms with Gasteiger partial charge < -0.3 is 5.11 Å². The maximum atomic E-state index is 12.2. The molecule has 0 fully saturated rings. The van der Waals surface area contributed by atoms with E-state index >= 15 is 0 Å². The number of hydrogen-bond acceptors (Lipinski definition) is 4. The molecule has 2 aromatic heterocycles. The molecule has 0 unspecified atom stereocenters. The fourth-order valence-electron chi connectivity index (χ4n) is 1.85. The standard InChI is InChI=1S/C15H15N3O3/c1-2-9-18-15(21)11(6-7-14(19)20)10-13(17-18)12-5-3-4-8-16-12/h3-8,10H,2,9H2,1H3,(H,19,20)/b7-6+. The van der Waals surface area contributed by atoms with Crippen LogP contribution in [-0.4, -0.2) is 25.8 Å². The van der Waals surface area contributed by atoms with Gasteiger partial charge in [0.25, 0.3) is 5.56 Å². The van der Waals surface area contributed by atoms with Crippen LogP contribution in [0.2, 0.25) is 0 Å². The normalized spacial score (nSPS) is 10.9. The zero-order valence-electron chi connectivity index (χ0n) is 11.6. The first-order chi connectivity index (χ1) is 10.1. The van der Waals surface area contributed by atoms with Gasteiger partial charge in [0.2, 0.25) is 0 Å². The number of carboxylic acids is 1. The molecule has 1 N–H and O–H groups in total. The van der Waals surface area contributed by atoms with Crippen molar-refractivity contribution >= 4 is 12.0 Å². The molecular formula is C15H15N3O3. The van der Waals surface area contributed by atoms with E-state index in [0.29, 0.717) is 17.9 Å². The summed E-state index contributed by atoms with van der Waals surface area (Å²) in [5.41, 5.74) is 1.14. The van der Waals surface area contributed by atoms with E-state index in [9.17, 15) is 9.59 Å². The number of aromatic nitrogens is 3. The Hall–Kier alpha value is -2.76. The van der Waals surface area contributed by atoms with Crippen LogP contribution in [0.4, 0.5) is 0 Å². The van der Waals surface area contributed by atoms with E-state index in [1.165, 1.54) is 10.8 Å². The van der Waals surface area contributed by atoms with Crippen LogP contribution in [0.5, 0.6) is 0 Å². The molecule has 2 heterocycles. The van der Waals surface area contributed by atoms with E-state index in [1.807, 2.05) is 13.0 Å². The van der Waals surface area contributed by atoms with Crippen LogP contribution >= 0.6 is 0 Å². The summed E-state index contributed by atoms with van der Waals surface area (Å²) in [6.07, 6.45) is 4.61. The summed E-state index contributed by atoms with van der Waals surface area (Å²) in [6, 6.07) is 6.95. The van der Waals surface area contributed by atoms with Gasteiger partial charge in [-0.15, -0.1) is 0 Å². The fraction of sp³-hybridized carbons (Fsp3) is 0.200. The van der Waals surface area contributed by atoms with Crippen LogP contribution < -0.4 is 5.56 Å². The molecule has 108 valence electrons. The third-order valence-corrected chi connectivity index (χ3v) is 2.77. The zero-order chi connectivity index (χ0) is 15.2. The number of rotatable bonds is 5. The van der Waals surface area contributed by atoms with E-state index in [2.05, 4.69) is 10.1 Å². The van der Waals surface area contributed by atoms with Crippen molar-refractivity contribution in [3.05, 3.63) is 52.5 Å². The minimum absolute atomic E-state index is 0.279. The average Bonchev–Trinajstić information content (AvgIpc) is 2.49. The first kappa shape index (κ1) is 14.6. The van der Waals surface area contributed by atoms with Crippen LogP contribution in [0.3, 0.4) is 0 Å². The molecule has 0 aliphatic carbocycles. The summed E-state index contributed by atoms with van der Waals surface area (Å²) in [6.45, 7) is 2.40. The Bertz CT molecular complexity index is 721. The highest BCUT2D eigenvalue weighted by molar-refractivity contribution is 5.85. The van der Waals surface area contributed by atoms with Gasteiger partial charge in [0.15, 0.2) is 0 Å². The van der Waals surface area contributed by atoms with E-state index in [1.54, 1.807) is 24.4 Å². The van der Waals surface area contributed by atoms with Gasteiger partial charge in [-0.1, -0.05) is 13.0 Å². The minimum Gasteiger partial charge on any atom is -0.478 e. The van der Waals surface area contributed by atoms with Crippen molar-refractivity contribution in [2.75, 3.05) is 0 Å². The topological polar surface area (TPSA) is 85.1 Å². The number of carboxylic acid groups (broad SMARTS) is 1. The maximum absolute atomic E-state index is 12.2. The number of carbonyl (C=O) groups is 1. The Morgan fingerprint density at radius 3 is 2.81 bits per heavy atom. The van der Waals surface area contributed by atoms with E-state index in [0.717, 1.165) is 12.5 Å². The smallest absolute Gasteiger partial charge is 0.328 e. The van der Waals surface area contributed by atoms with E-state index in [4.69, 9.17) is 5.11 Å². The van der Waals surface area contributed by atoms with Gasteiger partial charge in [-0.3, -0.25) is 9.78 Å². The molecule has 6 heteroatoms. The molecule has 2 aromatic rings. The lowest BCUT2D eigenvalue weighted by Crippen LogP contribution is -2.25. The molecule has 0 atom stereocenters. The van der Waals surface area contributed by atoms with Crippen molar-refractivity contribution in [3.63, 3.8) is 0 Å². The maximum Gasteiger partial charge on any atom is 0.328 e. The number of hydrogen-bond donors (Lipinski definition) is 1. The largest absolute Gasteiger partial charge is 0.478 e. The van der Waals surface area contributed by atoms with Gasteiger partial charge in [-0.05, 0) is 30.7 Å². The second kappa shape index (κ2) is 6.60. The highest BCUT2D eigenvalue weighted by Gasteiger charge is 2.08. The summed E-state index contributed by atoms with van der Waals surface area (Å²) >= 11 is 0. The van der Waals surface area contributed by atoms with Crippen molar-refractivity contribution in [1.82, 2.24) is 14.8 Å². The summed E-state index contributed by atoms with van der Waals surface area (Å²) < 4.78 is 1.34. The van der Waals surface area contributed by atoms with Crippen LogP contribution in [0.25, 0.3) is 17.5 Å². The van der Waals surface area contributed by atoms with Crippen LogP contribution in [0.1, 0.15) is 18.9 Å². The molecule has 0 saturated carbocycles. The molecule has 0 aliphatic heterocycles. The number of aryl methyl sites for hydroxylation is 1. The molecule has 0 aliphatic rings. The molecule has 0 bridgehead atoms. The molecule has 6 nitrogen and oxygen atoms in total. The third-order valence-electron chi connectivity index (χ3n) is 2.77. The predicted octanol–water partition coefficient (Wildman–Crippen LogP) is 1.81. The fourth-order valence-corrected chi connectivity index (χ4v) is 1.85. The molecule has 0 radical (unpaired) electrons. The van der Waals surface area contributed by atoms with Crippen molar-refractivity contribution in [2.24, 2.45) is 0 Å². The highest BCUT2D eigenvalue weighted by Crippen LogP contribution is 2.13. The van der Waals surface area contributed by atoms with Gasteiger partial charge >= 0.3 is 5.97 Å². The Morgan fingerprint density at radius 1 is 1.38 bits per heavy atom. The highest BCUT2D eigenvalue weighted by atomic mass is 16.4. The van der Waals surface area contributed by atoms with Gasteiger partial charge in [0.05, 0.1) is 5.69 Å². The predicted molar refractivity (Wildman–Crippen MR) is 78.7 cm³/mol. The van der Waals surface area contributed by atoms with Crippen LogP contribution in [0, 0.1) is 0 Å². The molecule has 21 heavy (non-hydrogen) atoms.